The molecule has 0 bridgehead atoms. The van der Waals surface area contributed by atoms with E-state index >= 15 is 0 Å². The summed E-state index contributed by atoms with van der Waals surface area (Å²) >= 11 is 0. The van der Waals surface area contributed by atoms with Crippen LogP contribution in [-0.2, 0) is 9.13 Å². The van der Waals surface area contributed by atoms with Gasteiger partial charge in [0.25, 0.3) is 0 Å². The van der Waals surface area contributed by atoms with Crippen LogP contribution in [-0.4, -0.2) is 29.4 Å². The van der Waals surface area contributed by atoms with Gasteiger partial charge in [-0.3, -0.25) is 0 Å². The highest BCUT2D eigenvalue weighted by Crippen LogP contribution is 2.26. The molecule has 10 heteroatoms. The Kier molecular flexibility index (Phi) is 37.2. The predicted molar refractivity (Wildman–Crippen MR) is 222 cm³/mol. The van der Waals surface area contributed by atoms with Gasteiger partial charge in [0.1, 0.15) is 0 Å². The van der Waals surface area contributed by atoms with E-state index in [4.69, 9.17) is 38.5 Å². The maximum atomic E-state index is 8.88. The smallest absolute Gasteiger partial charge is 0.303 e. The lowest BCUT2D eigenvalue weighted by Crippen LogP contribution is -1.66. The van der Waals surface area contributed by atoms with Gasteiger partial charge in [-0.1, -0.05) is 237 Å². The molecule has 0 amide bonds. The lowest BCUT2D eigenvalue weighted by atomic mass is 10.2. The van der Waals surface area contributed by atoms with Crippen molar-refractivity contribution < 1.29 is 38.5 Å². The highest BCUT2D eigenvalue weighted by molar-refractivity contribution is 7.45. The molecule has 6 N–H and O–H groups in total. The second-order valence-corrected chi connectivity index (χ2v) is 12.7. The van der Waals surface area contributed by atoms with Crippen LogP contribution >= 0.6 is 15.6 Å². The molecule has 0 saturated carbocycles. The van der Waals surface area contributed by atoms with Crippen LogP contribution in [0.4, 0.5) is 0 Å². The number of hydrogen-bond donors (Lipinski definition) is 6. The highest BCUT2D eigenvalue weighted by atomic mass is 31.2. The van der Waals surface area contributed by atoms with Crippen LogP contribution < -0.4 is 0 Å². The Labute approximate surface area is 317 Å². The molecular formula is C43H58O8P2. The number of aryl methyl sites for hydroxylation is 4. The topological polar surface area (TPSA) is 156 Å². The summed E-state index contributed by atoms with van der Waals surface area (Å²) in [5.74, 6) is 0. The van der Waals surface area contributed by atoms with E-state index in [0.29, 0.717) is 0 Å². The molecule has 53 heavy (non-hydrogen) atoms. The summed E-state index contributed by atoms with van der Waals surface area (Å²) in [5.41, 5.74) is 5.29. The molecule has 8 nitrogen and oxygen atoms in total. The Balaban J connectivity index is -0.000000535. The summed E-state index contributed by atoms with van der Waals surface area (Å²) in [5, 5.41) is 0. The number of rotatable bonds is 0. The van der Waals surface area contributed by atoms with E-state index in [0.717, 1.165) is 0 Å². The summed E-state index contributed by atoms with van der Waals surface area (Å²) in [6, 6.07) is 65.0. The van der Waals surface area contributed by atoms with Crippen LogP contribution in [0.3, 0.4) is 0 Å². The van der Waals surface area contributed by atoms with Gasteiger partial charge in [-0.15, -0.1) is 0 Å². The number of hydrogen-bond acceptors (Lipinski definition) is 2. The maximum absolute atomic E-state index is 8.88. The molecule has 0 spiro atoms. The average molecular weight is 765 g/mol. The maximum Gasteiger partial charge on any atom is 0.466 e. The zero-order valence-corrected chi connectivity index (χ0v) is 33.4. The zero-order valence-electron chi connectivity index (χ0n) is 31.6. The monoisotopic (exact) mass is 764 g/mol. The first kappa shape index (κ1) is 52.9. The molecular weight excluding hydrogens is 706 g/mol. The molecule has 6 aromatic rings. The van der Waals surface area contributed by atoms with Gasteiger partial charge in [0.15, 0.2) is 0 Å². The molecule has 288 valence electrons. The minimum Gasteiger partial charge on any atom is -0.303 e. The molecule has 0 unspecified atom stereocenters. The van der Waals surface area contributed by atoms with Crippen molar-refractivity contribution in [1.29, 1.82) is 0 Å². The van der Waals surface area contributed by atoms with E-state index < -0.39 is 15.6 Å². The van der Waals surface area contributed by atoms with Crippen molar-refractivity contribution in [1.82, 2.24) is 0 Å². The predicted octanol–water partition coefficient (Wildman–Crippen LogP) is 10.9. The summed E-state index contributed by atoms with van der Waals surface area (Å²) < 4.78 is 17.8. The van der Waals surface area contributed by atoms with E-state index in [1.807, 2.05) is 146 Å². The molecule has 0 aromatic heterocycles. The van der Waals surface area contributed by atoms with E-state index in [9.17, 15) is 0 Å². The van der Waals surface area contributed by atoms with Crippen molar-refractivity contribution in [3.8, 4) is 0 Å². The highest BCUT2D eigenvalue weighted by Gasteiger charge is 2.00. The quantitative estimate of drug-likeness (QED) is 0.0835. The fourth-order valence-corrected chi connectivity index (χ4v) is 2.91. The molecule has 0 fully saturated rings. The number of benzene rings is 6. The Hall–Kier alpha value is -4.46. The minimum atomic E-state index is -4.64. The Morgan fingerprint density at radius 2 is 0.377 bits per heavy atom. The van der Waals surface area contributed by atoms with Crippen molar-refractivity contribution in [2.75, 3.05) is 0 Å². The normalized spacial score (nSPS) is 8.98. The third kappa shape index (κ3) is 63.1. The van der Waals surface area contributed by atoms with E-state index in [1.165, 1.54) is 28.7 Å². The van der Waals surface area contributed by atoms with Gasteiger partial charge in [0.05, 0.1) is 0 Å². The average Bonchev–Trinajstić information content (AvgIpc) is 3.12. The first-order valence-electron chi connectivity index (χ1n) is 16.6. The molecule has 0 heterocycles. The standard InChI is InChI=1S/4C7H8.2C6H6.C3H8.2H3O4P/c4*1-7-5-3-2-4-6-7;2*1-2-4-6-5-3-1;1-3-2;2*1-5(2,3)4/h4*2-6H,1H3;2*1-6H;3H2,1-2H3;2*(H3,1,2,3,4). The molecule has 0 radical (unpaired) electrons. The fourth-order valence-electron chi connectivity index (χ4n) is 2.91. The largest absolute Gasteiger partial charge is 0.466 e. The van der Waals surface area contributed by atoms with Crippen molar-refractivity contribution in [3.05, 3.63) is 216 Å². The van der Waals surface area contributed by atoms with Crippen molar-refractivity contribution in [2.45, 2.75) is 48.0 Å². The Morgan fingerprint density at radius 1 is 0.302 bits per heavy atom. The van der Waals surface area contributed by atoms with Crippen LogP contribution in [0.5, 0.6) is 0 Å². The third-order valence-electron chi connectivity index (χ3n) is 5.10. The van der Waals surface area contributed by atoms with Crippen LogP contribution in [0.1, 0.15) is 42.5 Å². The fraction of sp³-hybridized carbons (Fsp3) is 0.163. The van der Waals surface area contributed by atoms with Crippen molar-refractivity contribution in [3.63, 3.8) is 0 Å². The third-order valence-corrected chi connectivity index (χ3v) is 5.10. The summed E-state index contributed by atoms with van der Waals surface area (Å²) in [4.78, 5) is 43.1. The van der Waals surface area contributed by atoms with Crippen LogP contribution in [0.2, 0.25) is 0 Å². The molecule has 6 rings (SSSR count). The second kappa shape index (κ2) is 37.3. The second-order valence-electron chi connectivity index (χ2n) is 10.7. The summed E-state index contributed by atoms with van der Waals surface area (Å²) in [7, 11) is -9.28. The van der Waals surface area contributed by atoms with Gasteiger partial charge in [-0.2, -0.15) is 0 Å². The van der Waals surface area contributed by atoms with Crippen molar-refractivity contribution in [2.24, 2.45) is 0 Å². The Bertz CT molecular complexity index is 1360. The van der Waals surface area contributed by atoms with Gasteiger partial charge in [-0.25, -0.2) is 9.13 Å². The lowest BCUT2D eigenvalue weighted by molar-refractivity contribution is 0.272. The van der Waals surface area contributed by atoms with E-state index in [1.54, 1.807) is 0 Å². The van der Waals surface area contributed by atoms with Crippen LogP contribution in [0, 0.1) is 27.7 Å². The van der Waals surface area contributed by atoms with E-state index in [2.05, 4.69) is 90.1 Å². The lowest BCUT2D eigenvalue weighted by Gasteiger charge is -1.82. The molecule has 0 aliphatic heterocycles. The first-order valence-corrected chi connectivity index (χ1v) is 19.8. The van der Waals surface area contributed by atoms with Gasteiger partial charge in [-0.05, 0) is 27.7 Å². The molecule has 0 atom stereocenters. The van der Waals surface area contributed by atoms with E-state index in [-0.39, 0.29) is 0 Å². The number of phosphoric acid groups is 2. The van der Waals surface area contributed by atoms with Gasteiger partial charge >= 0.3 is 15.6 Å². The van der Waals surface area contributed by atoms with Crippen molar-refractivity contribution >= 4 is 15.6 Å². The van der Waals surface area contributed by atoms with Gasteiger partial charge in [0, 0.05) is 0 Å². The minimum absolute atomic E-state index is 1.25. The van der Waals surface area contributed by atoms with Crippen LogP contribution in [0.15, 0.2) is 194 Å². The molecule has 0 aliphatic carbocycles. The SMILES string of the molecule is CCC.Cc1ccccc1.Cc1ccccc1.Cc1ccccc1.Cc1ccccc1.O=P(O)(O)O.O=P(O)(O)O.c1ccccc1.c1ccccc1. The summed E-state index contributed by atoms with van der Waals surface area (Å²) in [6.07, 6.45) is 1.25. The molecule has 0 aliphatic rings. The van der Waals surface area contributed by atoms with Crippen LogP contribution in [0.25, 0.3) is 0 Å². The molecule has 6 aromatic carbocycles. The molecule has 0 saturated heterocycles. The summed E-state index contributed by atoms with van der Waals surface area (Å²) in [6.45, 7) is 12.6. The van der Waals surface area contributed by atoms with Gasteiger partial charge < -0.3 is 29.4 Å². The van der Waals surface area contributed by atoms with Gasteiger partial charge in [0.2, 0.25) is 0 Å². The zero-order chi connectivity index (χ0) is 40.6. The Morgan fingerprint density at radius 3 is 0.434 bits per heavy atom. The first-order chi connectivity index (χ1) is 25.0.